The van der Waals surface area contributed by atoms with Crippen LogP contribution in [0.5, 0.6) is 5.75 Å². The molecule has 3 nitrogen and oxygen atoms in total. The van der Waals surface area contributed by atoms with E-state index < -0.39 is 6.10 Å². The number of benzene rings is 1. The van der Waals surface area contributed by atoms with Crippen molar-refractivity contribution < 1.29 is 14.6 Å². The van der Waals surface area contributed by atoms with Gasteiger partial charge in [0, 0.05) is 5.56 Å². The summed E-state index contributed by atoms with van der Waals surface area (Å²) < 4.78 is 11.1. The first kappa shape index (κ1) is 14.4. The van der Waals surface area contributed by atoms with E-state index in [1.54, 1.807) is 7.11 Å². The average molecular weight is 264 g/mol. The third-order valence-corrected chi connectivity index (χ3v) is 3.79. The van der Waals surface area contributed by atoms with Gasteiger partial charge in [-0.1, -0.05) is 43.9 Å². The number of aliphatic hydroxyl groups excluding tert-OH is 1. The molecule has 106 valence electrons. The lowest BCUT2D eigenvalue weighted by atomic mass is 10.1. The molecule has 1 N–H and O–H groups in total. The summed E-state index contributed by atoms with van der Waals surface area (Å²) in [6, 6.07) is 7.57. The number of ether oxygens (including phenoxy) is 2. The Balaban J connectivity index is 1.87. The van der Waals surface area contributed by atoms with Gasteiger partial charge in [0.2, 0.25) is 0 Å². The molecule has 3 heteroatoms. The molecule has 0 bridgehead atoms. The molecular weight excluding hydrogens is 240 g/mol. The van der Waals surface area contributed by atoms with Crippen molar-refractivity contribution in [3.63, 3.8) is 0 Å². The Kier molecular flexibility index (Phi) is 5.67. The number of para-hydroxylation sites is 1. The molecule has 1 saturated carbocycles. The zero-order chi connectivity index (χ0) is 13.5. The van der Waals surface area contributed by atoms with Crippen molar-refractivity contribution in [3.05, 3.63) is 29.8 Å². The van der Waals surface area contributed by atoms with Crippen LogP contribution in [0.25, 0.3) is 0 Å². The molecule has 19 heavy (non-hydrogen) atoms. The molecule has 1 aliphatic rings. The van der Waals surface area contributed by atoms with Crippen LogP contribution in [0.15, 0.2) is 24.3 Å². The normalized spacial score (nSPS) is 18.8. The quantitative estimate of drug-likeness (QED) is 0.828. The molecule has 0 saturated heterocycles. The van der Waals surface area contributed by atoms with Crippen LogP contribution >= 0.6 is 0 Å². The summed E-state index contributed by atoms with van der Waals surface area (Å²) in [4.78, 5) is 0. The first-order chi connectivity index (χ1) is 9.31. The van der Waals surface area contributed by atoms with Crippen molar-refractivity contribution >= 4 is 0 Å². The molecule has 0 amide bonds. The molecule has 0 spiro atoms. The second kappa shape index (κ2) is 7.51. The zero-order valence-electron chi connectivity index (χ0n) is 11.7. The molecule has 2 rings (SSSR count). The second-order valence-electron chi connectivity index (χ2n) is 5.20. The van der Waals surface area contributed by atoms with Gasteiger partial charge in [-0.15, -0.1) is 0 Å². The van der Waals surface area contributed by atoms with E-state index in [4.69, 9.17) is 9.47 Å². The van der Waals surface area contributed by atoms with E-state index in [-0.39, 0.29) is 0 Å². The minimum atomic E-state index is -0.612. The van der Waals surface area contributed by atoms with Crippen molar-refractivity contribution in [1.29, 1.82) is 0 Å². The van der Waals surface area contributed by atoms with E-state index in [9.17, 15) is 5.11 Å². The van der Waals surface area contributed by atoms with Crippen LogP contribution in [0.4, 0.5) is 0 Å². The van der Waals surface area contributed by atoms with E-state index in [2.05, 4.69) is 0 Å². The standard InChI is InChI=1S/C16H24O3/c1-18-16-11-7-6-10-14(16)15(17)12-19-13-8-4-2-3-5-9-13/h6-7,10-11,13,15,17H,2-5,8-9,12H2,1H3. The van der Waals surface area contributed by atoms with Crippen molar-refractivity contribution in [1.82, 2.24) is 0 Å². The van der Waals surface area contributed by atoms with Gasteiger partial charge in [-0.2, -0.15) is 0 Å². The Morgan fingerprint density at radius 1 is 1.16 bits per heavy atom. The highest BCUT2D eigenvalue weighted by molar-refractivity contribution is 5.34. The predicted octanol–water partition coefficient (Wildman–Crippen LogP) is 3.47. The SMILES string of the molecule is COc1ccccc1C(O)COC1CCCCCC1. The van der Waals surface area contributed by atoms with Crippen molar-refractivity contribution in [3.8, 4) is 5.75 Å². The van der Waals surface area contributed by atoms with E-state index >= 15 is 0 Å². The molecule has 1 fully saturated rings. The smallest absolute Gasteiger partial charge is 0.124 e. The van der Waals surface area contributed by atoms with E-state index in [0.29, 0.717) is 12.7 Å². The van der Waals surface area contributed by atoms with Gasteiger partial charge in [0.1, 0.15) is 11.9 Å². The zero-order valence-corrected chi connectivity index (χ0v) is 11.7. The number of methoxy groups -OCH3 is 1. The van der Waals surface area contributed by atoms with Gasteiger partial charge in [0.15, 0.2) is 0 Å². The predicted molar refractivity (Wildman–Crippen MR) is 75.4 cm³/mol. The fourth-order valence-corrected chi connectivity index (χ4v) is 2.67. The Morgan fingerprint density at radius 3 is 2.53 bits per heavy atom. The van der Waals surface area contributed by atoms with E-state index in [0.717, 1.165) is 24.2 Å². The molecule has 0 aromatic heterocycles. The van der Waals surface area contributed by atoms with Gasteiger partial charge in [-0.3, -0.25) is 0 Å². The molecule has 0 heterocycles. The van der Waals surface area contributed by atoms with Crippen LogP contribution in [-0.2, 0) is 4.74 Å². The van der Waals surface area contributed by atoms with Gasteiger partial charge in [-0.25, -0.2) is 0 Å². The molecular formula is C16H24O3. The molecule has 0 aliphatic heterocycles. The molecule has 1 aliphatic carbocycles. The minimum absolute atomic E-state index is 0.312. The highest BCUT2D eigenvalue weighted by atomic mass is 16.5. The molecule has 0 radical (unpaired) electrons. The minimum Gasteiger partial charge on any atom is -0.496 e. The first-order valence-corrected chi connectivity index (χ1v) is 7.24. The first-order valence-electron chi connectivity index (χ1n) is 7.24. The van der Waals surface area contributed by atoms with Crippen molar-refractivity contribution in [2.75, 3.05) is 13.7 Å². The molecule has 1 aromatic carbocycles. The average Bonchev–Trinajstić information content (AvgIpc) is 2.73. The second-order valence-corrected chi connectivity index (χ2v) is 5.20. The summed E-state index contributed by atoms with van der Waals surface area (Å²) in [6.07, 6.45) is 7.07. The van der Waals surface area contributed by atoms with Crippen LogP contribution < -0.4 is 4.74 Å². The van der Waals surface area contributed by atoms with Gasteiger partial charge in [0.25, 0.3) is 0 Å². The molecule has 1 aromatic rings. The van der Waals surface area contributed by atoms with Gasteiger partial charge >= 0.3 is 0 Å². The molecule has 1 atom stereocenters. The monoisotopic (exact) mass is 264 g/mol. The summed E-state index contributed by atoms with van der Waals surface area (Å²) in [5, 5.41) is 10.2. The number of hydrogen-bond donors (Lipinski definition) is 1. The maximum Gasteiger partial charge on any atom is 0.124 e. The van der Waals surface area contributed by atoms with Gasteiger partial charge < -0.3 is 14.6 Å². The van der Waals surface area contributed by atoms with Crippen LogP contribution in [0.2, 0.25) is 0 Å². The largest absolute Gasteiger partial charge is 0.496 e. The third kappa shape index (κ3) is 4.22. The molecule has 1 unspecified atom stereocenters. The summed E-state index contributed by atoms with van der Waals surface area (Å²) in [6.45, 7) is 0.352. The topological polar surface area (TPSA) is 38.7 Å². The summed E-state index contributed by atoms with van der Waals surface area (Å²) >= 11 is 0. The van der Waals surface area contributed by atoms with Crippen LogP contribution in [0.3, 0.4) is 0 Å². The lowest BCUT2D eigenvalue weighted by molar-refractivity contribution is -0.0166. The van der Waals surface area contributed by atoms with Crippen molar-refractivity contribution in [2.24, 2.45) is 0 Å². The Bertz CT molecular complexity index is 370. The highest BCUT2D eigenvalue weighted by Gasteiger charge is 2.17. The summed E-state index contributed by atoms with van der Waals surface area (Å²) in [5.74, 6) is 0.722. The van der Waals surface area contributed by atoms with E-state index in [1.165, 1.54) is 25.7 Å². The number of hydrogen-bond acceptors (Lipinski definition) is 3. The van der Waals surface area contributed by atoms with Crippen LogP contribution in [0, 0.1) is 0 Å². The highest BCUT2D eigenvalue weighted by Crippen LogP contribution is 2.26. The Labute approximate surface area is 115 Å². The maximum absolute atomic E-state index is 10.2. The number of aliphatic hydroxyl groups is 1. The Morgan fingerprint density at radius 2 is 1.84 bits per heavy atom. The number of rotatable bonds is 5. The lowest BCUT2D eigenvalue weighted by Crippen LogP contribution is -2.17. The van der Waals surface area contributed by atoms with Gasteiger partial charge in [0.05, 0.1) is 19.8 Å². The maximum atomic E-state index is 10.2. The lowest BCUT2D eigenvalue weighted by Gasteiger charge is -2.19. The van der Waals surface area contributed by atoms with Gasteiger partial charge in [-0.05, 0) is 18.9 Å². The Hall–Kier alpha value is -1.06. The van der Waals surface area contributed by atoms with Crippen LogP contribution in [-0.4, -0.2) is 24.9 Å². The summed E-state index contributed by atoms with van der Waals surface area (Å²) in [7, 11) is 1.62. The van der Waals surface area contributed by atoms with Crippen LogP contribution in [0.1, 0.15) is 50.2 Å². The van der Waals surface area contributed by atoms with E-state index in [1.807, 2.05) is 24.3 Å². The fourth-order valence-electron chi connectivity index (χ4n) is 2.67. The van der Waals surface area contributed by atoms with Crippen molar-refractivity contribution in [2.45, 2.75) is 50.7 Å². The summed E-state index contributed by atoms with van der Waals surface area (Å²) in [5.41, 5.74) is 0.804. The fraction of sp³-hybridized carbons (Fsp3) is 0.625. The third-order valence-electron chi connectivity index (χ3n) is 3.79.